The standard InChI is InChI=1S/C74H46N4/c1-3-19-47(20-4-1)53-39-54(48-21-5-2-6-22-48)41-55(40-53)77-70-33-17-15-31-62(70)66-42-49(35-37-72(66)77)50-36-38-73-67(43-50)63-32-16-18-34-71(63)78(73)74-75-68(64-44-51-23-7-9-25-56(51)58-27-11-13-29-60(58)64)46-69(76-74)65-45-52-24-8-10-26-57(52)59-28-12-14-30-61(59)65/h1-46H. The lowest BCUT2D eigenvalue weighted by atomic mass is 9.93. The second-order valence-electron chi connectivity index (χ2n) is 20.5. The lowest BCUT2D eigenvalue weighted by Crippen LogP contribution is -2.04. The second kappa shape index (κ2) is 17.6. The first kappa shape index (κ1) is 43.9. The molecule has 0 aliphatic heterocycles. The van der Waals surface area contributed by atoms with Gasteiger partial charge in [0, 0.05) is 38.4 Å². The van der Waals surface area contributed by atoms with Crippen molar-refractivity contribution in [2.75, 3.05) is 0 Å². The van der Waals surface area contributed by atoms with Crippen LogP contribution in [0.2, 0.25) is 0 Å². The van der Waals surface area contributed by atoms with Gasteiger partial charge >= 0.3 is 0 Å². The van der Waals surface area contributed by atoms with Crippen molar-refractivity contribution < 1.29 is 0 Å². The molecule has 16 aromatic rings. The predicted molar refractivity (Wildman–Crippen MR) is 328 cm³/mol. The van der Waals surface area contributed by atoms with Gasteiger partial charge in [0.2, 0.25) is 5.95 Å². The van der Waals surface area contributed by atoms with Crippen LogP contribution < -0.4 is 0 Å². The topological polar surface area (TPSA) is 35.6 Å². The van der Waals surface area contributed by atoms with E-state index in [1.807, 2.05) is 0 Å². The van der Waals surface area contributed by atoms with Crippen LogP contribution in [0, 0.1) is 0 Å². The molecule has 4 heteroatoms. The van der Waals surface area contributed by atoms with E-state index in [1.54, 1.807) is 0 Å². The summed E-state index contributed by atoms with van der Waals surface area (Å²) in [5.74, 6) is 0.622. The molecule has 3 aromatic heterocycles. The molecule has 0 saturated heterocycles. The first-order valence-corrected chi connectivity index (χ1v) is 26.7. The minimum Gasteiger partial charge on any atom is -0.309 e. The van der Waals surface area contributed by atoms with Gasteiger partial charge in [0.05, 0.1) is 33.5 Å². The van der Waals surface area contributed by atoms with Crippen molar-refractivity contribution in [3.8, 4) is 67.5 Å². The van der Waals surface area contributed by atoms with Crippen molar-refractivity contribution in [1.29, 1.82) is 0 Å². The Hall–Kier alpha value is -10.4. The van der Waals surface area contributed by atoms with Gasteiger partial charge in [0.15, 0.2) is 0 Å². The largest absolute Gasteiger partial charge is 0.309 e. The van der Waals surface area contributed by atoms with Crippen molar-refractivity contribution in [3.63, 3.8) is 0 Å². The summed E-state index contributed by atoms with van der Waals surface area (Å²) in [4.78, 5) is 11.3. The Balaban J connectivity index is 0.893. The molecule has 0 atom stereocenters. The number of rotatable bonds is 7. The number of aromatic nitrogens is 4. The van der Waals surface area contributed by atoms with Crippen molar-refractivity contribution in [2.45, 2.75) is 0 Å². The number of hydrogen-bond acceptors (Lipinski definition) is 2. The summed E-state index contributed by atoms with van der Waals surface area (Å²) in [6.45, 7) is 0. The van der Waals surface area contributed by atoms with E-state index in [0.29, 0.717) is 5.95 Å². The lowest BCUT2D eigenvalue weighted by molar-refractivity contribution is 0.997. The fourth-order valence-electron chi connectivity index (χ4n) is 12.5. The van der Waals surface area contributed by atoms with Gasteiger partial charge in [-0.1, -0.05) is 206 Å². The van der Waals surface area contributed by atoms with Crippen LogP contribution in [0.5, 0.6) is 0 Å². The predicted octanol–water partition coefficient (Wildman–Crippen LogP) is 19.6. The second-order valence-corrected chi connectivity index (χ2v) is 20.5. The van der Waals surface area contributed by atoms with Gasteiger partial charge in [-0.05, 0) is 149 Å². The Labute approximate surface area is 450 Å². The number of para-hydroxylation sites is 2. The number of nitrogens with zero attached hydrogens (tertiary/aromatic N) is 4. The highest BCUT2D eigenvalue weighted by Gasteiger charge is 2.22. The number of benzene rings is 13. The molecule has 0 bridgehead atoms. The van der Waals surface area contributed by atoms with E-state index in [0.717, 1.165) is 77.4 Å². The maximum Gasteiger partial charge on any atom is 0.235 e. The summed E-state index contributed by atoms with van der Waals surface area (Å²) >= 11 is 0. The molecule has 0 N–H and O–H groups in total. The summed E-state index contributed by atoms with van der Waals surface area (Å²) in [7, 11) is 0. The highest BCUT2D eigenvalue weighted by molar-refractivity contribution is 6.17. The van der Waals surface area contributed by atoms with Gasteiger partial charge in [-0.3, -0.25) is 4.57 Å². The Morgan fingerprint density at radius 2 is 0.603 bits per heavy atom. The minimum absolute atomic E-state index is 0.622. The molecule has 0 unspecified atom stereocenters. The Kier molecular flexibility index (Phi) is 9.91. The van der Waals surface area contributed by atoms with Crippen LogP contribution in [-0.4, -0.2) is 19.1 Å². The van der Waals surface area contributed by atoms with Crippen LogP contribution in [0.3, 0.4) is 0 Å². The number of hydrogen-bond donors (Lipinski definition) is 0. The van der Waals surface area contributed by atoms with Crippen LogP contribution in [-0.2, 0) is 0 Å². The summed E-state index contributed by atoms with van der Waals surface area (Å²) < 4.78 is 4.71. The zero-order chi connectivity index (χ0) is 51.3. The van der Waals surface area contributed by atoms with E-state index in [4.69, 9.17) is 9.97 Å². The summed E-state index contributed by atoms with van der Waals surface area (Å²) in [5.41, 5.74) is 16.4. The number of fused-ring (bicyclic) bond motifs is 12. The molecular formula is C74H46N4. The van der Waals surface area contributed by atoms with E-state index < -0.39 is 0 Å². The lowest BCUT2D eigenvalue weighted by Gasteiger charge is -2.16. The van der Waals surface area contributed by atoms with E-state index in [-0.39, 0.29) is 0 Å². The van der Waals surface area contributed by atoms with Crippen LogP contribution in [0.15, 0.2) is 279 Å². The van der Waals surface area contributed by atoms with Crippen LogP contribution in [0.4, 0.5) is 0 Å². The minimum atomic E-state index is 0.622. The fourth-order valence-corrected chi connectivity index (χ4v) is 12.5. The third-order valence-electron chi connectivity index (χ3n) is 16.1. The normalized spacial score (nSPS) is 11.8. The van der Waals surface area contributed by atoms with Crippen LogP contribution in [0.25, 0.3) is 154 Å². The molecule has 0 aliphatic carbocycles. The molecule has 0 fully saturated rings. The smallest absolute Gasteiger partial charge is 0.235 e. The summed E-state index contributed by atoms with van der Waals surface area (Å²) in [6, 6.07) is 101. The van der Waals surface area contributed by atoms with Crippen LogP contribution in [0.1, 0.15) is 0 Å². The third kappa shape index (κ3) is 7.01. The summed E-state index contributed by atoms with van der Waals surface area (Å²) in [5, 5.41) is 14.2. The Bertz CT molecular complexity index is 4890. The van der Waals surface area contributed by atoms with Gasteiger partial charge in [-0.2, -0.15) is 0 Å². The van der Waals surface area contributed by atoms with Gasteiger partial charge in [-0.15, -0.1) is 0 Å². The molecule has 13 aromatic carbocycles. The van der Waals surface area contributed by atoms with E-state index in [1.165, 1.54) is 70.9 Å². The van der Waals surface area contributed by atoms with Crippen molar-refractivity contribution in [1.82, 2.24) is 19.1 Å². The van der Waals surface area contributed by atoms with E-state index in [2.05, 4.69) is 288 Å². The molecule has 0 aliphatic rings. The molecule has 0 radical (unpaired) electrons. The fraction of sp³-hybridized carbons (Fsp3) is 0. The van der Waals surface area contributed by atoms with Crippen molar-refractivity contribution in [2.24, 2.45) is 0 Å². The zero-order valence-electron chi connectivity index (χ0n) is 42.3. The molecule has 0 saturated carbocycles. The first-order valence-electron chi connectivity index (χ1n) is 26.7. The molecule has 0 amide bonds. The Morgan fingerprint density at radius 1 is 0.218 bits per heavy atom. The van der Waals surface area contributed by atoms with E-state index >= 15 is 0 Å². The molecule has 78 heavy (non-hydrogen) atoms. The average molecular weight is 991 g/mol. The average Bonchev–Trinajstić information content (AvgIpc) is 4.15. The van der Waals surface area contributed by atoms with Gasteiger partial charge < -0.3 is 4.57 Å². The highest BCUT2D eigenvalue weighted by atomic mass is 15.2. The molecule has 4 nitrogen and oxygen atoms in total. The maximum absolute atomic E-state index is 5.64. The van der Waals surface area contributed by atoms with Crippen molar-refractivity contribution in [3.05, 3.63) is 279 Å². The van der Waals surface area contributed by atoms with Gasteiger partial charge in [0.1, 0.15) is 0 Å². The SMILES string of the molecule is c1ccc(-c2cc(-c3ccccc3)cc(-n3c4ccccc4c4cc(-c5ccc6c(c5)c5ccccc5n6-c5nc(-c6cc7ccccc7c7ccccc67)cc(-c6cc7ccccc7c7ccccc67)n5)ccc43)c2)cc1. The molecule has 3 heterocycles. The first-order chi connectivity index (χ1) is 38.7. The molecule has 0 spiro atoms. The van der Waals surface area contributed by atoms with E-state index in [9.17, 15) is 0 Å². The van der Waals surface area contributed by atoms with Crippen molar-refractivity contribution >= 4 is 86.7 Å². The van der Waals surface area contributed by atoms with Crippen LogP contribution >= 0.6 is 0 Å². The zero-order valence-corrected chi connectivity index (χ0v) is 42.3. The summed E-state index contributed by atoms with van der Waals surface area (Å²) in [6.07, 6.45) is 0. The highest BCUT2D eigenvalue weighted by Crippen LogP contribution is 2.43. The van der Waals surface area contributed by atoms with Gasteiger partial charge in [-0.25, -0.2) is 9.97 Å². The molecule has 16 rings (SSSR count). The third-order valence-corrected chi connectivity index (χ3v) is 16.1. The Morgan fingerprint density at radius 3 is 1.10 bits per heavy atom. The molecular weight excluding hydrogens is 945 g/mol. The maximum atomic E-state index is 5.64. The monoisotopic (exact) mass is 990 g/mol. The quantitative estimate of drug-likeness (QED) is 0.149. The molecule has 362 valence electrons. The van der Waals surface area contributed by atoms with Gasteiger partial charge in [0.25, 0.3) is 0 Å².